The first kappa shape index (κ1) is 7.90. The van der Waals surface area contributed by atoms with Gasteiger partial charge in [-0.25, -0.2) is 0 Å². The predicted octanol–water partition coefficient (Wildman–Crippen LogP) is 1.17. The summed E-state index contributed by atoms with van der Waals surface area (Å²) < 4.78 is 0. The van der Waals surface area contributed by atoms with Gasteiger partial charge in [0.1, 0.15) is 0 Å². The van der Waals surface area contributed by atoms with Crippen LogP contribution >= 0.6 is 8.07 Å². The molecule has 0 fully saturated rings. The van der Waals surface area contributed by atoms with Crippen LogP contribution in [0.3, 0.4) is 0 Å². The molecular weight excluding hydrogens is 121 g/mol. The van der Waals surface area contributed by atoms with Crippen molar-refractivity contribution in [1.29, 1.82) is 0 Å². The van der Waals surface area contributed by atoms with E-state index < -0.39 is 0 Å². The van der Waals surface area contributed by atoms with Crippen molar-refractivity contribution < 1.29 is 4.79 Å². The van der Waals surface area contributed by atoms with E-state index in [1.807, 2.05) is 0 Å². The summed E-state index contributed by atoms with van der Waals surface area (Å²) in [5.41, 5.74) is 0. The highest BCUT2D eigenvalue weighted by molar-refractivity contribution is 7.56. The van der Waals surface area contributed by atoms with Crippen LogP contribution in [0.5, 0.6) is 0 Å². The van der Waals surface area contributed by atoms with Gasteiger partial charge in [0.05, 0.1) is 0 Å². The minimum atomic E-state index is -0.174. The highest BCUT2D eigenvalue weighted by Crippen LogP contribution is 2.26. The average Bonchev–Trinajstić information content (AvgIpc) is 1.83. The Bertz CT molecular complexity index is 63.4. The first-order chi connectivity index (χ1) is 3.85. The summed E-state index contributed by atoms with van der Waals surface area (Å²) in [6, 6.07) is 0. The van der Waals surface area contributed by atoms with Gasteiger partial charge in [-0.1, -0.05) is 13.8 Å². The summed E-state index contributed by atoms with van der Waals surface area (Å²) in [5, 5.41) is 2.77. The van der Waals surface area contributed by atoms with Crippen molar-refractivity contribution in [3.8, 4) is 0 Å². The van der Waals surface area contributed by atoms with E-state index in [9.17, 15) is 4.79 Å². The third-order valence-electron chi connectivity index (χ3n) is 0.999. The van der Waals surface area contributed by atoms with Gasteiger partial charge in [0.2, 0.25) is 6.41 Å². The average molecular weight is 133 g/mol. The fraction of sp³-hybridized carbons (Fsp3) is 0.800. The van der Waals surface area contributed by atoms with Crippen LogP contribution in [0.15, 0.2) is 0 Å². The van der Waals surface area contributed by atoms with Crippen LogP contribution in [0.2, 0.25) is 0 Å². The molecule has 0 bridgehead atoms. The Hall–Kier alpha value is -0.100. The van der Waals surface area contributed by atoms with E-state index in [1.54, 1.807) is 0 Å². The summed E-state index contributed by atoms with van der Waals surface area (Å²) in [5.74, 6) is 0. The zero-order chi connectivity index (χ0) is 6.41. The molecule has 1 N–H and O–H groups in total. The van der Waals surface area contributed by atoms with E-state index in [2.05, 4.69) is 18.9 Å². The number of amides is 1. The summed E-state index contributed by atoms with van der Waals surface area (Å²) in [7, 11) is -0.174. The van der Waals surface area contributed by atoms with Crippen LogP contribution in [0, 0.1) is 0 Å². The predicted molar refractivity (Wildman–Crippen MR) is 37.2 cm³/mol. The summed E-state index contributed by atoms with van der Waals surface area (Å²) in [6.07, 6.45) is 2.97. The second kappa shape index (κ2) is 5.04. The number of carbonyl (C=O) groups is 1. The summed E-state index contributed by atoms with van der Waals surface area (Å²) >= 11 is 0. The highest BCUT2D eigenvalue weighted by atomic mass is 31.1. The van der Waals surface area contributed by atoms with Gasteiger partial charge in [-0.15, -0.1) is 0 Å². The molecule has 0 rings (SSSR count). The van der Waals surface area contributed by atoms with E-state index in [1.165, 1.54) is 0 Å². The topological polar surface area (TPSA) is 29.1 Å². The molecule has 0 aromatic rings. The largest absolute Gasteiger partial charge is 0.338 e. The molecule has 0 atom stereocenters. The lowest BCUT2D eigenvalue weighted by Gasteiger charge is -2.08. The van der Waals surface area contributed by atoms with Crippen molar-refractivity contribution >= 4 is 14.5 Å². The second-order valence-corrected chi connectivity index (χ2v) is 4.02. The molecule has 8 heavy (non-hydrogen) atoms. The van der Waals surface area contributed by atoms with Crippen molar-refractivity contribution in [3.63, 3.8) is 0 Å². The molecule has 48 valence electrons. The Labute approximate surface area is 51.5 Å². The number of hydrogen-bond donors (Lipinski definition) is 1. The van der Waals surface area contributed by atoms with E-state index in [4.69, 9.17) is 0 Å². The Morgan fingerprint density at radius 3 is 2.12 bits per heavy atom. The van der Waals surface area contributed by atoms with Crippen molar-refractivity contribution in [3.05, 3.63) is 0 Å². The van der Waals surface area contributed by atoms with Crippen LogP contribution in [-0.2, 0) is 4.79 Å². The van der Waals surface area contributed by atoms with Gasteiger partial charge in [0.25, 0.3) is 0 Å². The molecule has 0 unspecified atom stereocenters. The third-order valence-corrected chi connectivity index (χ3v) is 3.00. The smallest absolute Gasteiger partial charge is 0.210 e. The lowest BCUT2D eigenvalue weighted by atomic mass is 11.0. The van der Waals surface area contributed by atoms with Crippen molar-refractivity contribution in [2.24, 2.45) is 0 Å². The lowest BCUT2D eigenvalue weighted by Crippen LogP contribution is -2.05. The van der Waals surface area contributed by atoms with E-state index in [0.717, 1.165) is 18.7 Å². The number of nitrogens with one attached hydrogen (secondary N) is 1. The van der Waals surface area contributed by atoms with E-state index >= 15 is 0 Å². The lowest BCUT2D eigenvalue weighted by molar-refractivity contribution is -0.108. The zero-order valence-electron chi connectivity index (χ0n) is 5.35. The molecule has 0 aliphatic carbocycles. The van der Waals surface area contributed by atoms with Gasteiger partial charge in [-0.2, -0.15) is 0 Å². The third kappa shape index (κ3) is 2.98. The first-order valence-electron chi connectivity index (χ1n) is 2.79. The fourth-order valence-electron chi connectivity index (χ4n) is 0.481. The van der Waals surface area contributed by atoms with Crippen molar-refractivity contribution in [2.75, 3.05) is 12.3 Å². The number of hydrogen-bond acceptors (Lipinski definition) is 1. The Morgan fingerprint density at radius 1 is 1.50 bits per heavy atom. The molecule has 3 heteroatoms. The number of rotatable bonds is 4. The zero-order valence-corrected chi connectivity index (χ0v) is 6.24. The molecule has 0 spiro atoms. The van der Waals surface area contributed by atoms with Gasteiger partial charge in [-0.05, 0) is 20.4 Å². The Kier molecular flexibility index (Phi) is 4.98. The fourth-order valence-corrected chi connectivity index (χ4v) is 1.44. The van der Waals surface area contributed by atoms with Gasteiger partial charge < -0.3 is 5.09 Å². The van der Waals surface area contributed by atoms with Crippen molar-refractivity contribution in [2.45, 2.75) is 13.8 Å². The van der Waals surface area contributed by atoms with E-state index in [-0.39, 0.29) is 8.07 Å². The van der Waals surface area contributed by atoms with Gasteiger partial charge >= 0.3 is 0 Å². The minimum absolute atomic E-state index is 0.174. The molecule has 0 heterocycles. The summed E-state index contributed by atoms with van der Waals surface area (Å²) in [4.78, 5) is 9.84. The van der Waals surface area contributed by atoms with Crippen LogP contribution in [0.25, 0.3) is 0 Å². The standard InChI is InChI=1S/C5H12NOP/c1-3-8(4-2)6-5-7/h5H,3-4H2,1-2H3,(H,6,7). The monoisotopic (exact) mass is 133 g/mol. The normalized spacial score (nSPS) is 9.38. The first-order valence-corrected chi connectivity index (χ1v) is 4.51. The van der Waals surface area contributed by atoms with Crippen LogP contribution in [0.4, 0.5) is 0 Å². The van der Waals surface area contributed by atoms with Gasteiger partial charge in [0.15, 0.2) is 0 Å². The highest BCUT2D eigenvalue weighted by Gasteiger charge is 1.96. The van der Waals surface area contributed by atoms with Crippen molar-refractivity contribution in [1.82, 2.24) is 5.09 Å². The maximum atomic E-state index is 9.84. The molecule has 1 amide bonds. The molecular formula is C5H12NOP. The van der Waals surface area contributed by atoms with Crippen LogP contribution < -0.4 is 5.09 Å². The second-order valence-electron chi connectivity index (χ2n) is 1.42. The van der Waals surface area contributed by atoms with E-state index in [0.29, 0.717) is 0 Å². The molecule has 0 aliphatic rings. The minimum Gasteiger partial charge on any atom is -0.338 e. The number of carbonyl (C=O) groups excluding carboxylic acids is 1. The molecule has 0 aliphatic heterocycles. The molecule has 0 aromatic heterocycles. The summed E-state index contributed by atoms with van der Waals surface area (Å²) in [6.45, 7) is 4.18. The maximum absolute atomic E-state index is 9.84. The molecule has 0 saturated carbocycles. The molecule has 2 nitrogen and oxygen atoms in total. The maximum Gasteiger partial charge on any atom is 0.210 e. The van der Waals surface area contributed by atoms with Gasteiger partial charge in [-0.3, -0.25) is 4.79 Å². The molecule has 0 aromatic carbocycles. The SMILES string of the molecule is CCP(CC)NC=O. The Balaban J connectivity index is 3.20. The van der Waals surface area contributed by atoms with Crippen LogP contribution in [-0.4, -0.2) is 18.7 Å². The van der Waals surface area contributed by atoms with Crippen LogP contribution in [0.1, 0.15) is 13.8 Å². The molecule has 0 saturated heterocycles. The quantitative estimate of drug-likeness (QED) is 0.452. The molecule has 0 radical (unpaired) electrons. The van der Waals surface area contributed by atoms with Gasteiger partial charge in [0, 0.05) is 0 Å². The Morgan fingerprint density at radius 2 is 2.00 bits per heavy atom.